The fraction of sp³-hybridized carbons (Fsp3) is 0.300. The summed E-state index contributed by atoms with van der Waals surface area (Å²) in [5.41, 5.74) is 2.31. The molecule has 1 aliphatic rings. The molecule has 0 aromatic heterocycles. The summed E-state index contributed by atoms with van der Waals surface area (Å²) in [6.45, 7) is 0.826. The van der Waals surface area contributed by atoms with E-state index in [1.54, 1.807) is 0 Å². The van der Waals surface area contributed by atoms with Crippen LogP contribution in [0.4, 0.5) is 5.69 Å². The van der Waals surface area contributed by atoms with E-state index in [0.29, 0.717) is 0 Å². The van der Waals surface area contributed by atoms with E-state index in [-0.39, 0.29) is 6.17 Å². The van der Waals surface area contributed by atoms with Crippen molar-refractivity contribution in [3.8, 4) is 0 Å². The molecule has 1 unspecified atom stereocenters. The number of carbonyl (C=O) groups is 1. The van der Waals surface area contributed by atoms with Crippen molar-refractivity contribution < 1.29 is 4.79 Å². The van der Waals surface area contributed by atoms with Crippen LogP contribution in [0.2, 0.25) is 0 Å². The van der Waals surface area contributed by atoms with E-state index >= 15 is 0 Å². The molecule has 0 saturated carbocycles. The van der Waals surface area contributed by atoms with E-state index in [9.17, 15) is 4.79 Å². The molecule has 1 aromatic rings. The van der Waals surface area contributed by atoms with Crippen LogP contribution in [-0.4, -0.2) is 24.4 Å². The molecule has 2 rings (SSSR count). The molecule has 0 saturated heterocycles. The van der Waals surface area contributed by atoms with Crippen LogP contribution in [-0.2, 0) is 11.3 Å². The van der Waals surface area contributed by atoms with Gasteiger partial charge in [-0.25, -0.2) is 0 Å². The van der Waals surface area contributed by atoms with Gasteiger partial charge in [0.25, 0.3) is 0 Å². The van der Waals surface area contributed by atoms with Gasteiger partial charge in [-0.3, -0.25) is 9.69 Å². The molecule has 1 heterocycles. The van der Waals surface area contributed by atoms with Gasteiger partial charge in [0.1, 0.15) is 6.17 Å². The number of hydrogen-bond acceptors (Lipinski definition) is 3. The van der Waals surface area contributed by atoms with Crippen molar-refractivity contribution in [3.63, 3.8) is 0 Å². The number of carbonyl (C=O) groups excluding carboxylic acids is 1. The Morgan fingerprint density at radius 2 is 2.31 bits per heavy atom. The molecule has 1 aromatic carbocycles. The number of fused-ring (bicyclic) bond motifs is 1. The molecule has 0 bridgehead atoms. The monoisotopic (exact) mass is 176 g/mol. The Labute approximate surface area is 77.4 Å². The predicted molar refractivity (Wildman–Crippen MR) is 51.4 cm³/mol. The molecule has 3 heteroatoms. The van der Waals surface area contributed by atoms with Crippen LogP contribution in [0.5, 0.6) is 0 Å². The minimum absolute atomic E-state index is 0.185. The Kier molecular flexibility index (Phi) is 2.02. The number of nitrogens with one attached hydrogen (secondary N) is 1. The average molecular weight is 176 g/mol. The highest BCUT2D eigenvalue weighted by Crippen LogP contribution is 2.22. The predicted octanol–water partition coefficient (Wildman–Crippen LogP) is 1.07. The number of nitrogens with zero attached hydrogens (tertiary/aromatic N) is 1. The largest absolute Gasteiger partial charge is 0.363 e. The molecule has 0 aliphatic carbocycles. The van der Waals surface area contributed by atoms with Gasteiger partial charge in [-0.1, -0.05) is 18.2 Å². The van der Waals surface area contributed by atoms with E-state index in [4.69, 9.17) is 0 Å². The zero-order chi connectivity index (χ0) is 9.26. The van der Waals surface area contributed by atoms with Crippen molar-refractivity contribution in [2.24, 2.45) is 0 Å². The lowest BCUT2D eigenvalue weighted by Crippen LogP contribution is -2.42. The first-order valence-electron chi connectivity index (χ1n) is 4.31. The van der Waals surface area contributed by atoms with E-state index in [0.717, 1.165) is 18.5 Å². The molecule has 1 N–H and O–H groups in total. The summed E-state index contributed by atoms with van der Waals surface area (Å²) in [4.78, 5) is 12.7. The minimum atomic E-state index is -0.185. The second kappa shape index (κ2) is 3.18. The number of benzene rings is 1. The van der Waals surface area contributed by atoms with Crippen LogP contribution in [0.25, 0.3) is 0 Å². The summed E-state index contributed by atoms with van der Waals surface area (Å²) in [6.07, 6.45) is 0.741. The van der Waals surface area contributed by atoms with E-state index in [1.165, 1.54) is 5.56 Å². The number of para-hydroxylation sites is 1. The Morgan fingerprint density at radius 3 is 3.08 bits per heavy atom. The van der Waals surface area contributed by atoms with Crippen molar-refractivity contribution in [2.45, 2.75) is 12.7 Å². The van der Waals surface area contributed by atoms with Crippen molar-refractivity contribution in [1.82, 2.24) is 4.90 Å². The van der Waals surface area contributed by atoms with Gasteiger partial charge >= 0.3 is 0 Å². The fourth-order valence-corrected chi connectivity index (χ4v) is 1.57. The highest BCUT2D eigenvalue weighted by Gasteiger charge is 2.20. The molecule has 3 nitrogen and oxygen atoms in total. The van der Waals surface area contributed by atoms with Gasteiger partial charge in [0.15, 0.2) is 6.29 Å². The Balaban J connectivity index is 2.32. The summed E-state index contributed by atoms with van der Waals surface area (Å²) in [5.74, 6) is 0. The topological polar surface area (TPSA) is 32.3 Å². The molecule has 1 aliphatic heterocycles. The first kappa shape index (κ1) is 8.26. The maximum Gasteiger partial charge on any atom is 0.157 e. The van der Waals surface area contributed by atoms with Crippen molar-refractivity contribution >= 4 is 12.0 Å². The fourth-order valence-electron chi connectivity index (χ4n) is 1.57. The molecule has 0 amide bonds. The highest BCUT2D eigenvalue weighted by atomic mass is 16.1. The molecule has 13 heavy (non-hydrogen) atoms. The number of anilines is 1. The molecule has 0 spiro atoms. The quantitative estimate of drug-likeness (QED) is 0.649. The van der Waals surface area contributed by atoms with Crippen LogP contribution in [0.1, 0.15) is 5.56 Å². The summed E-state index contributed by atoms with van der Waals surface area (Å²) in [7, 11) is 1.93. The zero-order valence-corrected chi connectivity index (χ0v) is 7.53. The third kappa shape index (κ3) is 1.42. The maximum absolute atomic E-state index is 10.7. The molecule has 1 atom stereocenters. The standard InChI is InChI=1S/C10H12N2O/c1-12-6-8-4-2-3-5-9(8)11-10(12)7-13/h2-5,7,10-11H,6H2,1H3. The molecule has 0 fully saturated rings. The van der Waals surface area contributed by atoms with Crippen LogP contribution < -0.4 is 5.32 Å². The normalized spacial score (nSPS) is 21.8. The van der Waals surface area contributed by atoms with Gasteiger partial charge in [0.2, 0.25) is 0 Å². The molecular weight excluding hydrogens is 164 g/mol. The molecule has 68 valence electrons. The highest BCUT2D eigenvalue weighted by molar-refractivity contribution is 5.67. The van der Waals surface area contributed by atoms with Gasteiger partial charge in [0, 0.05) is 12.2 Å². The second-order valence-corrected chi connectivity index (χ2v) is 3.30. The summed E-state index contributed by atoms with van der Waals surface area (Å²) >= 11 is 0. The van der Waals surface area contributed by atoms with E-state index in [2.05, 4.69) is 11.4 Å². The van der Waals surface area contributed by atoms with Gasteiger partial charge in [-0.05, 0) is 18.7 Å². The van der Waals surface area contributed by atoms with Gasteiger partial charge < -0.3 is 5.32 Å². The lowest BCUT2D eigenvalue weighted by atomic mass is 10.1. The third-order valence-electron chi connectivity index (χ3n) is 2.34. The third-order valence-corrected chi connectivity index (χ3v) is 2.34. The number of rotatable bonds is 1. The van der Waals surface area contributed by atoms with Gasteiger partial charge in [0.05, 0.1) is 0 Å². The van der Waals surface area contributed by atoms with Crippen LogP contribution in [0.15, 0.2) is 24.3 Å². The molecular formula is C10H12N2O. The van der Waals surface area contributed by atoms with E-state index in [1.807, 2.05) is 30.1 Å². The molecule has 0 radical (unpaired) electrons. The van der Waals surface area contributed by atoms with Crippen LogP contribution in [0, 0.1) is 0 Å². The summed E-state index contributed by atoms with van der Waals surface area (Å²) < 4.78 is 0. The van der Waals surface area contributed by atoms with Crippen LogP contribution in [0.3, 0.4) is 0 Å². The zero-order valence-electron chi connectivity index (χ0n) is 7.53. The number of likely N-dealkylation sites (N-methyl/N-ethyl adjacent to an activating group) is 1. The van der Waals surface area contributed by atoms with E-state index < -0.39 is 0 Å². The second-order valence-electron chi connectivity index (χ2n) is 3.30. The average Bonchev–Trinajstić information content (AvgIpc) is 2.17. The van der Waals surface area contributed by atoms with Crippen molar-refractivity contribution in [2.75, 3.05) is 12.4 Å². The first-order valence-corrected chi connectivity index (χ1v) is 4.31. The van der Waals surface area contributed by atoms with Crippen molar-refractivity contribution in [3.05, 3.63) is 29.8 Å². The number of aldehydes is 1. The smallest absolute Gasteiger partial charge is 0.157 e. The summed E-state index contributed by atoms with van der Waals surface area (Å²) in [5, 5.41) is 3.15. The van der Waals surface area contributed by atoms with Crippen molar-refractivity contribution in [1.29, 1.82) is 0 Å². The summed E-state index contributed by atoms with van der Waals surface area (Å²) in [6, 6.07) is 8.05. The van der Waals surface area contributed by atoms with Gasteiger partial charge in [-0.2, -0.15) is 0 Å². The maximum atomic E-state index is 10.7. The SMILES string of the molecule is CN1Cc2ccccc2NC1C=O. The first-order chi connectivity index (χ1) is 6.31. The lowest BCUT2D eigenvalue weighted by molar-refractivity contribution is -0.111. The Hall–Kier alpha value is -1.35. The number of hydrogen-bond donors (Lipinski definition) is 1. The Morgan fingerprint density at radius 1 is 1.54 bits per heavy atom. The Bertz CT molecular complexity index is 324. The van der Waals surface area contributed by atoms with Crippen LogP contribution >= 0.6 is 0 Å². The lowest BCUT2D eigenvalue weighted by Gasteiger charge is -2.31. The minimum Gasteiger partial charge on any atom is -0.363 e. The van der Waals surface area contributed by atoms with Gasteiger partial charge in [-0.15, -0.1) is 0 Å².